The first kappa shape index (κ1) is 12.0. The van der Waals surface area contributed by atoms with Gasteiger partial charge in [-0.3, -0.25) is 0 Å². The maximum Gasteiger partial charge on any atom is 0.0488 e. The van der Waals surface area contributed by atoms with Gasteiger partial charge < -0.3 is 10.1 Å². The van der Waals surface area contributed by atoms with Gasteiger partial charge in [0.25, 0.3) is 0 Å². The SMILES string of the molecule is COCC(C)CCNC1CCCCC1. The second-order valence-electron chi connectivity index (χ2n) is 4.64. The van der Waals surface area contributed by atoms with Gasteiger partial charge in [-0.1, -0.05) is 26.2 Å². The van der Waals surface area contributed by atoms with Gasteiger partial charge in [-0.2, -0.15) is 0 Å². The van der Waals surface area contributed by atoms with Crippen molar-refractivity contribution in [3.8, 4) is 0 Å². The molecular formula is C12H25NO. The van der Waals surface area contributed by atoms with Crippen LogP contribution in [0.2, 0.25) is 0 Å². The van der Waals surface area contributed by atoms with Crippen molar-refractivity contribution in [2.75, 3.05) is 20.3 Å². The molecule has 0 amide bonds. The second-order valence-corrected chi connectivity index (χ2v) is 4.64. The molecule has 1 N–H and O–H groups in total. The fourth-order valence-electron chi connectivity index (χ4n) is 2.21. The summed E-state index contributed by atoms with van der Waals surface area (Å²) in [5, 5.41) is 3.66. The normalized spacial score (nSPS) is 21.0. The van der Waals surface area contributed by atoms with Gasteiger partial charge >= 0.3 is 0 Å². The molecule has 14 heavy (non-hydrogen) atoms. The minimum Gasteiger partial charge on any atom is -0.384 e. The highest BCUT2D eigenvalue weighted by atomic mass is 16.5. The summed E-state index contributed by atoms with van der Waals surface area (Å²) in [5.41, 5.74) is 0. The van der Waals surface area contributed by atoms with Gasteiger partial charge in [-0.25, -0.2) is 0 Å². The highest BCUT2D eigenvalue weighted by molar-refractivity contribution is 4.71. The molecule has 0 radical (unpaired) electrons. The van der Waals surface area contributed by atoms with E-state index in [1.165, 1.54) is 38.5 Å². The van der Waals surface area contributed by atoms with Gasteiger partial charge in [0.1, 0.15) is 0 Å². The van der Waals surface area contributed by atoms with Gasteiger partial charge in [-0.15, -0.1) is 0 Å². The third kappa shape index (κ3) is 4.97. The lowest BCUT2D eigenvalue weighted by Gasteiger charge is -2.23. The van der Waals surface area contributed by atoms with Gasteiger partial charge in [-0.05, 0) is 31.7 Å². The van der Waals surface area contributed by atoms with Crippen LogP contribution in [0.25, 0.3) is 0 Å². The summed E-state index contributed by atoms with van der Waals surface area (Å²) < 4.78 is 5.12. The van der Waals surface area contributed by atoms with E-state index in [1.54, 1.807) is 7.11 Å². The van der Waals surface area contributed by atoms with Gasteiger partial charge in [0.05, 0.1) is 0 Å². The van der Waals surface area contributed by atoms with Crippen molar-refractivity contribution in [1.29, 1.82) is 0 Å². The maximum atomic E-state index is 5.12. The van der Waals surface area contributed by atoms with Crippen LogP contribution in [0.3, 0.4) is 0 Å². The molecule has 0 bridgehead atoms. The summed E-state index contributed by atoms with van der Waals surface area (Å²) in [6.07, 6.45) is 8.30. The molecule has 0 saturated heterocycles. The molecule has 2 nitrogen and oxygen atoms in total. The predicted molar refractivity (Wildman–Crippen MR) is 60.5 cm³/mol. The molecule has 0 aromatic heterocycles. The Labute approximate surface area is 88.4 Å². The predicted octanol–water partition coefficient (Wildman–Crippen LogP) is 2.58. The molecular weight excluding hydrogens is 174 g/mol. The zero-order valence-electron chi connectivity index (χ0n) is 9.72. The van der Waals surface area contributed by atoms with Crippen LogP contribution in [0.1, 0.15) is 45.4 Å². The number of ether oxygens (including phenoxy) is 1. The smallest absolute Gasteiger partial charge is 0.0488 e. The molecule has 1 saturated carbocycles. The van der Waals surface area contributed by atoms with Gasteiger partial charge in [0.2, 0.25) is 0 Å². The van der Waals surface area contributed by atoms with E-state index in [9.17, 15) is 0 Å². The van der Waals surface area contributed by atoms with E-state index in [4.69, 9.17) is 4.74 Å². The number of methoxy groups -OCH3 is 1. The number of hydrogen-bond donors (Lipinski definition) is 1. The lowest BCUT2D eigenvalue weighted by atomic mass is 9.95. The van der Waals surface area contributed by atoms with Crippen LogP contribution in [-0.4, -0.2) is 26.3 Å². The van der Waals surface area contributed by atoms with Crippen molar-refractivity contribution in [3.63, 3.8) is 0 Å². The third-order valence-electron chi connectivity index (χ3n) is 3.13. The van der Waals surface area contributed by atoms with Gasteiger partial charge in [0.15, 0.2) is 0 Å². The van der Waals surface area contributed by atoms with E-state index in [0.717, 1.165) is 19.2 Å². The Bertz CT molecular complexity index is 132. The first-order valence-corrected chi connectivity index (χ1v) is 6.05. The van der Waals surface area contributed by atoms with Crippen molar-refractivity contribution in [2.45, 2.75) is 51.5 Å². The van der Waals surface area contributed by atoms with Crippen molar-refractivity contribution in [2.24, 2.45) is 5.92 Å². The fraction of sp³-hybridized carbons (Fsp3) is 1.00. The maximum absolute atomic E-state index is 5.12. The Balaban J connectivity index is 1.96. The summed E-state index contributed by atoms with van der Waals surface area (Å²) in [6.45, 7) is 4.31. The lowest BCUT2D eigenvalue weighted by molar-refractivity contribution is 0.154. The van der Waals surface area contributed by atoms with E-state index in [-0.39, 0.29) is 0 Å². The molecule has 1 unspecified atom stereocenters. The van der Waals surface area contributed by atoms with Crippen molar-refractivity contribution in [3.05, 3.63) is 0 Å². The molecule has 1 aliphatic rings. The molecule has 1 rings (SSSR count). The Morgan fingerprint density at radius 1 is 1.29 bits per heavy atom. The molecule has 1 fully saturated rings. The van der Waals surface area contributed by atoms with Crippen molar-refractivity contribution < 1.29 is 4.74 Å². The molecule has 0 heterocycles. The summed E-state index contributed by atoms with van der Waals surface area (Å²) in [4.78, 5) is 0. The van der Waals surface area contributed by atoms with Gasteiger partial charge in [0, 0.05) is 19.8 Å². The summed E-state index contributed by atoms with van der Waals surface area (Å²) in [6, 6.07) is 0.804. The van der Waals surface area contributed by atoms with E-state index in [0.29, 0.717) is 5.92 Å². The lowest BCUT2D eigenvalue weighted by Crippen LogP contribution is -2.32. The Kier molecular flexibility index (Phi) is 6.20. The first-order valence-electron chi connectivity index (χ1n) is 6.05. The molecule has 0 aromatic carbocycles. The Morgan fingerprint density at radius 2 is 2.00 bits per heavy atom. The highest BCUT2D eigenvalue weighted by Gasteiger charge is 2.12. The fourth-order valence-corrected chi connectivity index (χ4v) is 2.21. The van der Waals surface area contributed by atoms with Crippen LogP contribution < -0.4 is 5.32 Å². The van der Waals surface area contributed by atoms with E-state index in [1.807, 2.05) is 0 Å². The monoisotopic (exact) mass is 199 g/mol. The number of rotatable bonds is 6. The minimum absolute atomic E-state index is 0.691. The molecule has 0 aliphatic heterocycles. The average molecular weight is 199 g/mol. The first-order chi connectivity index (χ1) is 6.83. The molecule has 1 atom stereocenters. The zero-order chi connectivity index (χ0) is 10.2. The average Bonchev–Trinajstić information content (AvgIpc) is 2.20. The topological polar surface area (TPSA) is 21.3 Å². The van der Waals surface area contributed by atoms with Crippen LogP contribution in [0.15, 0.2) is 0 Å². The Morgan fingerprint density at radius 3 is 2.64 bits per heavy atom. The highest BCUT2D eigenvalue weighted by Crippen LogP contribution is 2.17. The van der Waals surface area contributed by atoms with E-state index in [2.05, 4.69) is 12.2 Å². The molecule has 0 aromatic rings. The third-order valence-corrected chi connectivity index (χ3v) is 3.13. The van der Waals surface area contributed by atoms with Crippen molar-refractivity contribution >= 4 is 0 Å². The quantitative estimate of drug-likeness (QED) is 0.710. The number of hydrogen-bond acceptors (Lipinski definition) is 2. The summed E-state index contributed by atoms with van der Waals surface area (Å²) in [5.74, 6) is 0.691. The van der Waals surface area contributed by atoms with E-state index >= 15 is 0 Å². The van der Waals surface area contributed by atoms with Crippen LogP contribution in [0, 0.1) is 5.92 Å². The zero-order valence-corrected chi connectivity index (χ0v) is 9.72. The standard InChI is InChI=1S/C12H25NO/c1-11(10-14-2)8-9-13-12-6-4-3-5-7-12/h11-13H,3-10H2,1-2H3. The number of nitrogens with one attached hydrogen (secondary N) is 1. The van der Waals surface area contributed by atoms with E-state index < -0.39 is 0 Å². The van der Waals surface area contributed by atoms with Crippen LogP contribution >= 0.6 is 0 Å². The summed E-state index contributed by atoms with van der Waals surface area (Å²) in [7, 11) is 1.78. The summed E-state index contributed by atoms with van der Waals surface area (Å²) >= 11 is 0. The van der Waals surface area contributed by atoms with Crippen LogP contribution in [-0.2, 0) is 4.74 Å². The molecule has 2 heteroatoms. The Hall–Kier alpha value is -0.0800. The molecule has 0 spiro atoms. The second kappa shape index (κ2) is 7.24. The van der Waals surface area contributed by atoms with Crippen molar-refractivity contribution in [1.82, 2.24) is 5.32 Å². The largest absolute Gasteiger partial charge is 0.384 e. The van der Waals surface area contributed by atoms with Crippen LogP contribution in [0.4, 0.5) is 0 Å². The molecule has 1 aliphatic carbocycles. The molecule has 84 valence electrons. The minimum atomic E-state index is 0.691. The van der Waals surface area contributed by atoms with Crippen LogP contribution in [0.5, 0.6) is 0 Å².